The zero-order valence-electron chi connectivity index (χ0n) is 5.82. The molecule has 0 spiro atoms. The van der Waals surface area contributed by atoms with Crippen molar-refractivity contribution in [2.24, 2.45) is 0 Å². The normalized spacial score (nSPS) is 17.8. The van der Waals surface area contributed by atoms with Gasteiger partial charge in [-0.3, -0.25) is 5.10 Å². The number of aryl methyl sites for hydroxylation is 1. The van der Waals surface area contributed by atoms with Gasteiger partial charge in [0.15, 0.2) is 0 Å². The van der Waals surface area contributed by atoms with Crippen molar-refractivity contribution >= 4 is 15.9 Å². The van der Waals surface area contributed by atoms with Crippen LogP contribution in [0.25, 0.3) is 0 Å². The molecule has 0 aliphatic heterocycles. The number of nitrogens with zero attached hydrogens (tertiary/aromatic N) is 1. The third-order valence-electron chi connectivity index (χ3n) is 1.86. The van der Waals surface area contributed by atoms with Crippen LogP contribution in [0.3, 0.4) is 0 Å². The third kappa shape index (κ3) is 0.888. The Morgan fingerprint density at radius 3 is 2.70 bits per heavy atom. The minimum Gasteiger partial charge on any atom is -0.281 e. The second-order valence-corrected chi connectivity index (χ2v) is 3.62. The maximum Gasteiger partial charge on any atom is 0.0797 e. The van der Waals surface area contributed by atoms with Crippen LogP contribution in [-0.2, 0) is 0 Å². The summed E-state index contributed by atoms with van der Waals surface area (Å²) in [7, 11) is 0. The Labute approximate surface area is 68.2 Å². The van der Waals surface area contributed by atoms with Gasteiger partial charge in [-0.25, -0.2) is 0 Å². The van der Waals surface area contributed by atoms with Crippen LogP contribution in [0.1, 0.15) is 30.1 Å². The number of nitrogens with one attached hydrogen (secondary N) is 1. The molecule has 2 rings (SSSR count). The number of hydrogen-bond acceptors (Lipinski definition) is 1. The van der Waals surface area contributed by atoms with E-state index in [0.717, 1.165) is 11.6 Å². The standard InChI is InChI=1S/C7H9BrN2/c1-4-6(8)7(10-9-4)5-2-3-5/h5H,2-3H2,1H3,(H,9,10). The molecule has 3 heteroatoms. The van der Waals surface area contributed by atoms with Gasteiger partial charge in [0.05, 0.1) is 10.2 Å². The molecule has 0 atom stereocenters. The van der Waals surface area contributed by atoms with Crippen molar-refractivity contribution in [2.45, 2.75) is 25.7 Å². The van der Waals surface area contributed by atoms with Gasteiger partial charge in [-0.05, 0) is 35.7 Å². The van der Waals surface area contributed by atoms with E-state index < -0.39 is 0 Å². The molecule has 1 fully saturated rings. The number of halogens is 1. The first-order valence-corrected chi connectivity index (χ1v) is 4.28. The summed E-state index contributed by atoms with van der Waals surface area (Å²) in [6.07, 6.45) is 2.62. The zero-order valence-corrected chi connectivity index (χ0v) is 7.40. The monoisotopic (exact) mass is 200 g/mol. The van der Waals surface area contributed by atoms with Crippen LogP contribution in [0, 0.1) is 6.92 Å². The van der Waals surface area contributed by atoms with Crippen LogP contribution >= 0.6 is 15.9 Å². The first-order valence-electron chi connectivity index (χ1n) is 3.49. The summed E-state index contributed by atoms with van der Waals surface area (Å²) < 4.78 is 1.18. The second kappa shape index (κ2) is 2.09. The maximum absolute atomic E-state index is 4.21. The van der Waals surface area contributed by atoms with Crippen molar-refractivity contribution in [1.82, 2.24) is 10.2 Å². The highest BCUT2D eigenvalue weighted by Crippen LogP contribution is 2.42. The molecule has 1 aliphatic rings. The van der Waals surface area contributed by atoms with Crippen molar-refractivity contribution in [3.05, 3.63) is 15.9 Å². The van der Waals surface area contributed by atoms with Crippen molar-refractivity contribution in [3.63, 3.8) is 0 Å². The molecule has 54 valence electrons. The van der Waals surface area contributed by atoms with Crippen molar-refractivity contribution in [2.75, 3.05) is 0 Å². The molecule has 0 amide bonds. The van der Waals surface area contributed by atoms with E-state index in [4.69, 9.17) is 0 Å². The topological polar surface area (TPSA) is 28.7 Å². The minimum absolute atomic E-state index is 0.735. The fraction of sp³-hybridized carbons (Fsp3) is 0.571. The predicted molar refractivity (Wildman–Crippen MR) is 43.0 cm³/mol. The van der Waals surface area contributed by atoms with Crippen LogP contribution < -0.4 is 0 Å². The molecule has 10 heavy (non-hydrogen) atoms. The van der Waals surface area contributed by atoms with Gasteiger partial charge in [-0.15, -0.1) is 0 Å². The Morgan fingerprint density at radius 2 is 2.30 bits per heavy atom. The molecule has 0 unspecified atom stereocenters. The van der Waals surface area contributed by atoms with Gasteiger partial charge in [0, 0.05) is 11.6 Å². The Balaban J connectivity index is 2.40. The van der Waals surface area contributed by atoms with Gasteiger partial charge in [0.25, 0.3) is 0 Å². The summed E-state index contributed by atoms with van der Waals surface area (Å²) in [5, 5.41) is 7.17. The van der Waals surface area contributed by atoms with Gasteiger partial charge >= 0.3 is 0 Å². The van der Waals surface area contributed by atoms with E-state index in [0.29, 0.717) is 0 Å². The first kappa shape index (κ1) is 6.40. The lowest BCUT2D eigenvalue weighted by molar-refractivity contribution is 0.952. The summed E-state index contributed by atoms with van der Waals surface area (Å²) in [5.41, 5.74) is 2.36. The van der Waals surface area contributed by atoms with Gasteiger partial charge < -0.3 is 0 Å². The lowest BCUT2D eigenvalue weighted by Gasteiger charge is -1.88. The minimum atomic E-state index is 0.735. The van der Waals surface area contributed by atoms with E-state index in [1.54, 1.807) is 0 Å². The highest BCUT2D eigenvalue weighted by molar-refractivity contribution is 9.10. The van der Waals surface area contributed by atoms with E-state index in [2.05, 4.69) is 26.1 Å². The Morgan fingerprint density at radius 1 is 1.60 bits per heavy atom. The quantitative estimate of drug-likeness (QED) is 0.742. The molecule has 1 N–H and O–H groups in total. The van der Waals surface area contributed by atoms with Crippen molar-refractivity contribution in [3.8, 4) is 0 Å². The zero-order chi connectivity index (χ0) is 7.14. The molecule has 0 aromatic carbocycles. The van der Waals surface area contributed by atoms with Crippen LogP contribution in [0.2, 0.25) is 0 Å². The Kier molecular flexibility index (Phi) is 1.34. The summed E-state index contributed by atoms with van der Waals surface area (Å²) in [6, 6.07) is 0. The van der Waals surface area contributed by atoms with E-state index in [-0.39, 0.29) is 0 Å². The molecule has 2 nitrogen and oxygen atoms in total. The average Bonchev–Trinajstić information content (AvgIpc) is 2.67. The number of aromatic nitrogens is 2. The van der Waals surface area contributed by atoms with Crippen LogP contribution in [-0.4, -0.2) is 10.2 Å². The number of rotatable bonds is 1. The van der Waals surface area contributed by atoms with Crippen LogP contribution in [0.5, 0.6) is 0 Å². The average molecular weight is 201 g/mol. The molecular weight excluding hydrogens is 192 g/mol. The fourth-order valence-electron chi connectivity index (χ4n) is 1.06. The largest absolute Gasteiger partial charge is 0.281 e. The van der Waals surface area contributed by atoms with E-state index in [1.807, 2.05) is 6.92 Å². The van der Waals surface area contributed by atoms with Crippen LogP contribution in [0.4, 0.5) is 0 Å². The molecule has 1 saturated carbocycles. The molecule has 0 saturated heterocycles. The fourth-order valence-corrected chi connectivity index (χ4v) is 1.56. The predicted octanol–water partition coefficient (Wildman–Crippen LogP) is 2.36. The summed E-state index contributed by atoms with van der Waals surface area (Å²) in [5.74, 6) is 0.735. The molecule has 1 aliphatic carbocycles. The van der Waals surface area contributed by atoms with Crippen LogP contribution in [0.15, 0.2) is 4.47 Å². The van der Waals surface area contributed by atoms with Crippen molar-refractivity contribution < 1.29 is 0 Å². The molecule has 1 aromatic heterocycles. The Bertz CT molecular complexity index is 250. The lowest BCUT2D eigenvalue weighted by atomic mass is 10.3. The highest BCUT2D eigenvalue weighted by atomic mass is 79.9. The van der Waals surface area contributed by atoms with Gasteiger partial charge in [0.2, 0.25) is 0 Å². The third-order valence-corrected chi connectivity index (χ3v) is 2.86. The van der Waals surface area contributed by atoms with E-state index >= 15 is 0 Å². The number of H-pyrrole nitrogens is 1. The second-order valence-electron chi connectivity index (χ2n) is 2.82. The van der Waals surface area contributed by atoms with Gasteiger partial charge in [-0.1, -0.05) is 0 Å². The van der Waals surface area contributed by atoms with Crippen molar-refractivity contribution in [1.29, 1.82) is 0 Å². The smallest absolute Gasteiger partial charge is 0.0797 e. The van der Waals surface area contributed by atoms with Gasteiger partial charge in [-0.2, -0.15) is 5.10 Å². The molecule has 0 radical (unpaired) electrons. The van der Waals surface area contributed by atoms with E-state index in [9.17, 15) is 0 Å². The number of hydrogen-bond donors (Lipinski definition) is 1. The molecule has 1 heterocycles. The summed E-state index contributed by atoms with van der Waals surface area (Å²) >= 11 is 3.50. The lowest BCUT2D eigenvalue weighted by Crippen LogP contribution is -1.78. The first-order chi connectivity index (χ1) is 4.79. The highest BCUT2D eigenvalue weighted by Gasteiger charge is 2.28. The van der Waals surface area contributed by atoms with Gasteiger partial charge in [0.1, 0.15) is 0 Å². The molecule has 0 bridgehead atoms. The summed E-state index contributed by atoms with van der Waals surface area (Å²) in [4.78, 5) is 0. The maximum atomic E-state index is 4.21. The van der Waals surface area contributed by atoms with E-state index in [1.165, 1.54) is 23.0 Å². The molecule has 1 aromatic rings. The SMILES string of the molecule is Cc1[nH]nc(C2CC2)c1Br. The molecular formula is C7H9BrN2. The Hall–Kier alpha value is -0.310. The summed E-state index contributed by atoms with van der Waals surface area (Å²) in [6.45, 7) is 2.03. The number of aromatic amines is 1.